The van der Waals surface area contributed by atoms with E-state index in [1.807, 2.05) is 24.6 Å². The van der Waals surface area contributed by atoms with Crippen molar-refractivity contribution in [2.24, 2.45) is 4.99 Å². The molecule has 1 aromatic carbocycles. The SMILES string of the molecule is CCNC(=NCc1scnc1C)N1CCC(c2ccc(OC)cc2)C1.I. The summed E-state index contributed by atoms with van der Waals surface area (Å²) in [6.07, 6.45) is 1.15. The molecule has 0 amide bonds. The summed E-state index contributed by atoms with van der Waals surface area (Å²) in [6, 6.07) is 8.45. The number of likely N-dealkylation sites (tertiary alicyclic amines) is 1. The largest absolute Gasteiger partial charge is 0.497 e. The van der Waals surface area contributed by atoms with Crippen LogP contribution in [0.2, 0.25) is 0 Å². The molecule has 142 valence electrons. The molecule has 1 N–H and O–H groups in total. The fraction of sp³-hybridized carbons (Fsp3) is 0.474. The number of benzene rings is 1. The highest BCUT2D eigenvalue weighted by molar-refractivity contribution is 14.0. The van der Waals surface area contributed by atoms with Gasteiger partial charge in [0.2, 0.25) is 0 Å². The molecular formula is C19H27IN4OS. The Bertz CT molecular complexity index is 717. The van der Waals surface area contributed by atoms with Crippen molar-refractivity contribution in [2.75, 3.05) is 26.7 Å². The van der Waals surface area contributed by atoms with E-state index in [1.54, 1.807) is 18.4 Å². The van der Waals surface area contributed by atoms with E-state index in [0.29, 0.717) is 12.5 Å². The molecule has 7 heteroatoms. The normalized spacial score (nSPS) is 17.1. The van der Waals surface area contributed by atoms with Gasteiger partial charge in [-0.25, -0.2) is 9.98 Å². The predicted molar refractivity (Wildman–Crippen MR) is 119 cm³/mol. The molecule has 0 saturated carbocycles. The van der Waals surface area contributed by atoms with E-state index in [2.05, 4.69) is 34.3 Å². The zero-order chi connectivity index (χ0) is 17.6. The molecule has 0 bridgehead atoms. The van der Waals surface area contributed by atoms with E-state index in [-0.39, 0.29) is 24.0 Å². The number of aryl methyl sites for hydroxylation is 1. The van der Waals surface area contributed by atoms with Crippen molar-refractivity contribution in [1.29, 1.82) is 0 Å². The highest BCUT2D eigenvalue weighted by Crippen LogP contribution is 2.28. The number of hydrogen-bond acceptors (Lipinski definition) is 4. The van der Waals surface area contributed by atoms with Gasteiger partial charge in [0, 0.05) is 30.4 Å². The highest BCUT2D eigenvalue weighted by atomic mass is 127. The number of halogens is 1. The number of aromatic nitrogens is 1. The van der Waals surface area contributed by atoms with Crippen molar-refractivity contribution in [3.63, 3.8) is 0 Å². The number of aliphatic imine (C=N–C) groups is 1. The Balaban J connectivity index is 0.00000243. The van der Waals surface area contributed by atoms with Gasteiger partial charge in [-0.3, -0.25) is 0 Å². The summed E-state index contributed by atoms with van der Waals surface area (Å²) in [5.74, 6) is 2.46. The average molecular weight is 486 g/mol. The van der Waals surface area contributed by atoms with Crippen LogP contribution in [0.4, 0.5) is 0 Å². The first-order valence-corrected chi connectivity index (χ1v) is 9.65. The lowest BCUT2D eigenvalue weighted by atomic mass is 9.98. The van der Waals surface area contributed by atoms with Crippen LogP contribution in [-0.4, -0.2) is 42.6 Å². The lowest BCUT2D eigenvalue weighted by molar-refractivity contribution is 0.414. The van der Waals surface area contributed by atoms with Gasteiger partial charge in [-0.1, -0.05) is 12.1 Å². The highest BCUT2D eigenvalue weighted by Gasteiger charge is 2.26. The van der Waals surface area contributed by atoms with E-state index < -0.39 is 0 Å². The van der Waals surface area contributed by atoms with E-state index in [9.17, 15) is 0 Å². The van der Waals surface area contributed by atoms with Gasteiger partial charge in [-0.05, 0) is 38.0 Å². The molecule has 5 nitrogen and oxygen atoms in total. The van der Waals surface area contributed by atoms with Crippen molar-refractivity contribution in [2.45, 2.75) is 32.7 Å². The molecule has 0 spiro atoms. The summed E-state index contributed by atoms with van der Waals surface area (Å²) in [7, 11) is 1.70. The Labute approximate surface area is 176 Å². The number of rotatable bonds is 5. The van der Waals surface area contributed by atoms with Crippen LogP contribution >= 0.6 is 35.3 Å². The van der Waals surface area contributed by atoms with Crippen LogP contribution in [-0.2, 0) is 6.54 Å². The zero-order valence-corrected chi connectivity index (χ0v) is 18.7. The van der Waals surface area contributed by atoms with E-state index in [0.717, 1.165) is 43.5 Å². The van der Waals surface area contributed by atoms with Crippen molar-refractivity contribution in [3.05, 3.63) is 45.9 Å². The van der Waals surface area contributed by atoms with Crippen molar-refractivity contribution < 1.29 is 4.74 Å². The minimum atomic E-state index is 0. The number of guanidine groups is 1. The monoisotopic (exact) mass is 486 g/mol. The van der Waals surface area contributed by atoms with Crippen LogP contribution in [0.5, 0.6) is 5.75 Å². The molecule has 1 atom stereocenters. The maximum absolute atomic E-state index is 5.26. The molecular weight excluding hydrogens is 459 g/mol. The Morgan fingerprint density at radius 2 is 2.15 bits per heavy atom. The third kappa shape index (κ3) is 5.09. The Kier molecular flexibility index (Phi) is 8.15. The second-order valence-electron chi connectivity index (χ2n) is 6.24. The maximum atomic E-state index is 5.26. The van der Waals surface area contributed by atoms with Gasteiger partial charge < -0.3 is 15.0 Å². The van der Waals surface area contributed by atoms with Crippen LogP contribution < -0.4 is 10.1 Å². The number of thiazole rings is 1. The molecule has 2 aromatic rings. The lowest BCUT2D eigenvalue weighted by Crippen LogP contribution is -2.40. The van der Waals surface area contributed by atoms with Crippen LogP contribution in [0.15, 0.2) is 34.8 Å². The van der Waals surface area contributed by atoms with Gasteiger partial charge in [-0.2, -0.15) is 0 Å². The summed E-state index contributed by atoms with van der Waals surface area (Å²) in [4.78, 5) is 12.8. The van der Waals surface area contributed by atoms with Gasteiger partial charge in [0.15, 0.2) is 5.96 Å². The van der Waals surface area contributed by atoms with Gasteiger partial charge in [0.05, 0.1) is 24.9 Å². The summed E-state index contributed by atoms with van der Waals surface area (Å²) in [5, 5.41) is 3.44. The van der Waals surface area contributed by atoms with Gasteiger partial charge >= 0.3 is 0 Å². The maximum Gasteiger partial charge on any atom is 0.194 e. The molecule has 3 rings (SSSR count). The van der Waals surface area contributed by atoms with E-state index in [4.69, 9.17) is 9.73 Å². The quantitative estimate of drug-likeness (QED) is 0.394. The van der Waals surface area contributed by atoms with Crippen molar-refractivity contribution in [1.82, 2.24) is 15.2 Å². The van der Waals surface area contributed by atoms with Crippen LogP contribution in [0.3, 0.4) is 0 Å². The third-order valence-electron chi connectivity index (χ3n) is 4.63. The first kappa shape index (κ1) is 21.0. The van der Waals surface area contributed by atoms with Crippen molar-refractivity contribution >= 4 is 41.3 Å². The minimum Gasteiger partial charge on any atom is -0.497 e. The van der Waals surface area contributed by atoms with Crippen LogP contribution in [0.25, 0.3) is 0 Å². The number of hydrogen-bond donors (Lipinski definition) is 1. The molecule has 0 aliphatic carbocycles. The lowest BCUT2D eigenvalue weighted by Gasteiger charge is -2.21. The second kappa shape index (κ2) is 10.1. The molecule has 0 radical (unpaired) electrons. The summed E-state index contributed by atoms with van der Waals surface area (Å²) >= 11 is 1.68. The number of ether oxygens (including phenoxy) is 1. The molecule has 1 fully saturated rings. The topological polar surface area (TPSA) is 49.8 Å². The van der Waals surface area contributed by atoms with E-state index in [1.165, 1.54) is 10.4 Å². The van der Waals surface area contributed by atoms with Gasteiger partial charge in [-0.15, -0.1) is 35.3 Å². The van der Waals surface area contributed by atoms with Crippen LogP contribution in [0, 0.1) is 6.92 Å². The van der Waals surface area contributed by atoms with Crippen molar-refractivity contribution in [3.8, 4) is 5.75 Å². The number of nitrogens with one attached hydrogen (secondary N) is 1. The standard InChI is InChI=1S/C19H26N4OS.HI/c1-4-20-19(21-11-18-14(2)22-13-25-18)23-10-9-16(12-23)15-5-7-17(24-3)8-6-15;/h5-8,13,16H,4,9-12H2,1-3H3,(H,20,21);1H. The molecule has 1 saturated heterocycles. The first-order chi connectivity index (χ1) is 12.2. The smallest absolute Gasteiger partial charge is 0.194 e. The van der Waals surface area contributed by atoms with E-state index >= 15 is 0 Å². The average Bonchev–Trinajstić information content (AvgIpc) is 3.28. The van der Waals surface area contributed by atoms with Crippen LogP contribution in [0.1, 0.15) is 35.4 Å². The molecule has 1 aromatic heterocycles. The van der Waals surface area contributed by atoms with Gasteiger partial charge in [0.25, 0.3) is 0 Å². The second-order valence-corrected chi connectivity index (χ2v) is 7.18. The number of methoxy groups -OCH3 is 1. The zero-order valence-electron chi connectivity index (χ0n) is 15.6. The summed E-state index contributed by atoms with van der Waals surface area (Å²) in [5.41, 5.74) is 4.35. The molecule has 1 unspecified atom stereocenters. The Morgan fingerprint density at radius 1 is 1.38 bits per heavy atom. The fourth-order valence-corrected chi connectivity index (χ4v) is 3.85. The first-order valence-electron chi connectivity index (χ1n) is 8.77. The Morgan fingerprint density at radius 3 is 2.77 bits per heavy atom. The Hall–Kier alpha value is -1.35. The molecule has 26 heavy (non-hydrogen) atoms. The summed E-state index contributed by atoms with van der Waals surface area (Å²) < 4.78 is 5.26. The third-order valence-corrected chi connectivity index (χ3v) is 5.55. The minimum absolute atomic E-state index is 0. The van der Waals surface area contributed by atoms with Gasteiger partial charge in [0.1, 0.15) is 5.75 Å². The summed E-state index contributed by atoms with van der Waals surface area (Å²) in [6.45, 7) is 7.77. The number of nitrogens with zero attached hydrogens (tertiary/aromatic N) is 3. The fourth-order valence-electron chi connectivity index (χ4n) is 3.15. The predicted octanol–water partition coefficient (Wildman–Crippen LogP) is 4.03. The molecule has 1 aliphatic heterocycles. The molecule has 1 aliphatic rings. The molecule has 2 heterocycles.